The summed E-state index contributed by atoms with van der Waals surface area (Å²) in [6, 6.07) is 22.9. The Bertz CT molecular complexity index is 2120. The van der Waals surface area contributed by atoms with Gasteiger partial charge >= 0.3 is 0 Å². The topological polar surface area (TPSA) is 101 Å². The van der Waals surface area contributed by atoms with Crippen LogP contribution < -0.4 is 25.1 Å². The van der Waals surface area contributed by atoms with Gasteiger partial charge in [0.15, 0.2) is 0 Å². The van der Waals surface area contributed by atoms with Gasteiger partial charge < -0.3 is 9.47 Å². The molecule has 0 bridgehead atoms. The van der Waals surface area contributed by atoms with Gasteiger partial charge in [-0.3, -0.25) is 9.59 Å². The van der Waals surface area contributed by atoms with E-state index in [1.165, 1.54) is 4.52 Å². The molecule has 0 saturated carbocycles. The van der Waals surface area contributed by atoms with E-state index in [-0.39, 0.29) is 22.6 Å². The molecule has 3 aromatic heterocycles. The number of ether oxygens (including phenoxy) is 2. The van der Waals surface area contributed by atoms with Crippen LogP contribution in [-0.2, 0) is 6.42 Å². The van der Waals surface area contributed by atoms with Crippen molar-refractivity contribution >= 4 is 22.4 Å². The number of para-hydroxylation sites is 1. The summed E-state index contributed by atoms with van der Waals surface area (Å²) in [6.45, 7) is 6.10. The largest absolute Gasteiger partial charge is 0.497 e. The highest BCUT2D eigenvalue weighted by molar-refractivity contribution is 7.15. The highest BCUT2D eigenvalue weighted by Crippen LogP contribution is 2.30. The number of aryl methyl sites for hydroxylation is 1. The summed E-state index contributed by atoms with van der Waals surface area (Å²) in [5.74, 6) is 1.44. The zero-order valence-electron chi connectivity index (χ0n) is 23.6. The zero-order valence-corrected chi connectivity index (χ0v) is 24.4. The van der Waals surface area contributed by atoms with Crippen molar-refractivity contribution in [3.63, 3.8) is 0 Å². The maximum absolute atomic E-state index is 13.5. The molecule has 0 aliphatic heterocycles. The smallest absolute Gasteiger partial charge is 0.296 e. The number of benzene rings is 3. The molecule has 0 aliphatic rings. The fourth-order valence-electron chi connectivity index (χ4n) is 4.69. The predicted molar refractivity (Wildman–Crippen MR) is 167 cm³/mol. The van der Waals surface area contributed by atoms with Gasteiger partial charge in [-0.05, 0) is 66.6 Å². The minimum absolute atomic E-state index is 0.191. The van der Waals surface area contributed by atoms with E-state index >= 15 is 0 Å². The molecule has 0 spiro atoms. The molecule has 10 heteroatoms. The van der Waals surface area contributed by atoms with Gasteiger partial charge in [0.25, 0.3) is 11.1 Å². The number of hydrogen-bond acceptors (Lipinski definition) is 8. The standard InChI is InChI=1S/C33H27N5O4S/c1-4-16-42-26-14-15-27(21(2)17-26)30-23(20-37(36-30)24-8-6-5-7-9-24)19-29-32(40)38-33(43-29)34-31(39)28(35-38)18-22-10-12-25(41-3)13-11-22/h4-15,17,19-20H,1,16,18H2,2-3H3/b29-19-. The summed E-state index contributed by atoms with van der Waals surface area (Å²) in [6.07, 6.45) is 5.60. The van der Waals surface area contributed by atoms with Crippen LogP contribution in [-0.4, -0.2) is 38.1 Å². The number of rotatable bonds is 9. The lowest BCUT2D eigenvalue weighted by Gasteiger charge is -2.08. The summed E-state index contributed by atoms with van der Waals surface area (Å²) in [5, 5.41) is 9.31. The monoisotopic (exact) mass is 589 g/mol. The Labute approximate surface area is 250 Å². The summed E-state index contributed by atoms with van der Waals surface area (Å²) < 4.78 is 14.3. The van der Waals surface area contributed by atoms with Crippen LogP contribution in [0.25, 0.3) is 28.0 Å². The second-order valence-electron chi connectivity index (χ2n) is 9.79. The molecule has 3 aromatic carbocycles. The average molecular weight is 590 g/mol. The van der Waals surface area contributed by atoms with Crippen molar-refractivity contribution in [1.82, 2.24) is 24.4 Å². The molecule has 6 aromatic rings. The normalized spacial score (nSPS) is 11.6. The molecule has 0 amide bonds. The van der Waals surface area contributed by atoms with Gasteiger partial charge in [0.2, 0.25) is 4.96 Å². The van der Waals surface area contributed by atoms with Gasteiger partial charge in [-0.1, -0.05) is 54.3 Å². The maximum Gasteiger partial charge on any atom is 0.296 e. The molecule has 3 heterocycles. The van der Waals surface area contributed by atoms with Gasteiger partial charge in [0, 0.05) is 23.7 Å². The number of aromatic nitrogens is 5. The third-order valence-electron chi connectivity index (χ3n) is 6.85. The van der Waals surface area contributed by atoms with Crippen molar-refractivity contribution in [2.45, 2.75) is 13.3 Å². The first kappa shape index (κ1) is 27.8. The van der Waals surface area contributed by atoms with Gasteiger partial charge in [-0.25, -0.2) is 4.68 Å². The van der Waals surface area contributed by atoms with Crippen LogP contribution in [0, 0.1) is 6.92 Å². The zero-order chi connectivity index (χ0) is 29.9. The van der Waals surface area contributed by atoms with Crippen LogP contribution in [0.4, 0.5) is 0 Å². The van der Waals surface area contributed by atoms with Crippen molar-refractivity contribution < 1.29 is 9.47 Å². The molecule has 214 valence electrons. The van der Waals surface area contributed by atoms with E-state index in [1.807, 2.05) is 85.9 Å². The number of thiazole rings is 1. The van der Waals surface area contributed by atoms with E-state index in [4.69, 9.17) is 14.6 Å². The SMILES string of the molecule is C=CCOc1ccc(-c2nn(-c3ccccc3)cc2/C=c2\sc3nc(=O)c(Cc4ccc(OC)cc4)nn3c2=O)c(C)c1. The predicted octanol–water partition coefficient (Wildman–Crippen LogP) is 4.38. The van der Waals surface area contributed by atoms with Crippen LogP contribution in [0.2, 0.25) is 0 Å². The molecule has 0 unspecified atom stereocenters. The van der Waals surface area contributed by atoms with Crippen LogP contribution in [0.5, 0.6) is 11.5 Å². The third-order valence-corrected chi connectivity index (χ3v) is 7.81. The summed E-state index contributed by atoms with van der Waals surface area (Å²) in [7, 11) is 1.59. The van der Waals surface area contributed by atoms with Crippen molar-refractivity contribution in [2.24, 2.45) is 0 Å². The van der Waals surface area contributed by atoms with Crippen molar-refractivity contribution in [1.29, 1.82) is 0 Å². The minimum atomic E-state index is -0.462. The van der Waals surface area contributed by atoms with E-state index < -0.39 is 5.56 Å². The second-order valence-corrected chi connectivity index (χ2v) is 10.8. The molecular weight excluding hydrogens is 562 g/mol. The summed E-state index contributed by atoms with van der Waals surface area (Å²) in [4.78, 5) is 30.8. The molecule has 0 fully saturated rings. The summed E-state index contributed by atoms with van der Waals surface area (Å²) >= 11 is 1.12. The number of fused-ring (bicyclic) bond motifs is 1. The number of nitrogens with zero attached hydrogens (tertiary/aromatic N) is 5. The molecule has 0 atom stereocenters. The fourth-order valence-corrected chi connectivity index (χ4v) is 5.59. The molecule has 6 rings (SSSR count). The Morgan fingerprint density at radius 2 is 1.74 bits per heavy atom. The van der Waals surface area contributed by atoms with Crippen LogP contribution >= 0.6 is 11.3 Å². The third kappa shape index (κ3) is 5.73. The minimum Gasteiger partial charge on any atom is -0.497 e. The van der Waals surface area contributed by atoms with E-state index in [0.717, 1.165) is 45.0 Å². The first-order valence-electron chi connectivity index (χ1n) is 13.5. The van der Waals surface area contributed by atoms with E-state index in [9.17, 15) is 9.59 Å². The highest BCUT2D eigenvalue weighted by atomic mass is 32.1. The maximum atomic E-state index is 13.5. The molecular formula is C33H27N5O4S. The Hall–Kier alpha value is -5.35. The highest BCUT2D eigenvalue weighted by Gasteiger charge is 2.16. The van der Waals surface area contributed by atoms with Crippen LogP contribution in [0.1, 0.15) is 22.4 Å². The molecule has 9 nitrogen and oxygen atoms in total. The first-order valence-corrected chi connectivity index (χ1v) is 14.3. The Morgan fingerprint density at radius 3 is 2.47 bits per heavy atom. The lowest BCUT2D eigenvalue weighted by atomic mass is 10.0. The second kappa shape index (κ2) is 11.9. The molecule has 0 N–H and O–H groups in total. The quantitative estimate of drug-likeness (QED) is 0.231. The average Bonchev–Trinajstić information content (AvgIpc) is 3.57. The Kier molecular flexibility index (Phi) is 7.67. The fraction of sp³-hybridized carbons (Fsp3) is 0.121. The number of methoxy groups -OCH3 is 1. The van der Waals surface area contributed by atoms with Gasteiger partial charge in [-0.15, -0.1) is 0 Å². The van der Waals surface area contributed by atoms with Gasteiger partial charge in [-0.2, -0.15) is 19.7 Å². The van der Waals surface area contributed by atoms with E-state index in [0.29, 0.717) is 22.6 Å². The first-order chi connectivity index (χ1) is 20.9. The lowest BCUT2D eigenvalue weighted by Crippen LogP contribution is -2.28. The van der Waals surface area contributed by atoms with Gasteiger partial charge in [0.1, 0.15) is 29.5 Å². The number of hydrogen-bond donors (Lipinski definition) is 0. The summed E-state index contributed by atoms with van der Waals surface area (Å²) in [5.41, 5.74) is 4.40. The molecule has 0 aliphatic carbocycles. The molecule has 0 saturated heterocycles. The molecule has 43 heavy (non-hydrogen) atoms. The van der Waals surface area contributed by atoms with Crippen molar-refractivity contribution in [3.05, 3.63) is 139 Å². The van der Waals surface area contributed by atoms with Crippen LogP contribution in [0.15, 0.2) is 101 Å². The molecule has 0 radical (unpaired) electrons. The van der Waals surface area contributed by atoms with Crippen LogP contribution in [0.3, 0.4) is 0 Å². The van der Waals surface area contributed by atoms with Crippen molar-refractivity contribution in [2.75, 3.05) is 13.7 Å². The Balaban J connectivity index is 1.45. The van der Waals surface area contributed by atoms with Gasteiger partial charge in [0.05, 0.1) is 17.3 Å². The Morgan fingerprint density at radius 1 is 0.977 bits per heavy atom. The van der Waals surface area contributed by atoms with Crippen molar-refractivity contribution in [3.8, 4) is 28.4 Å². The van der Waals surface area contributed by atoms with E-state index in [2.05, 4.69) is 16.7 Å². The lowest BCUT2D eigenvalue weighted by molar-refractivity contribution is 0.363. The van der Waals surface area contributed by atoms with E-state index in [1.54, 1.807) is 23.9 Å².